The van der Waals surface area contributed by atoms with Crippen LogP contribution in [0.25, 0.3) is 0 Å². The lowest BCUT2D eigenvalue weighted by atomic mass is 10.1. The van der Waals surface area contributed by atoms with Gasteiger partial charge in [-0.25, -0.2) is 9.78 Å². The molecule has 7 heteroatoms. The molecule has 0 aromatic carbocycles. The first-order chi connectivity index (χ1) is 11.5. The maximum absolute atomic E-state index is 12.3. The molecule has 0 radical (unpaired) electrons. The Labute approximate surface area is 145 Å². The maximum Gasteiger partial charge on any atom is 0.315 e. The summed E-state index contributed by atoms with van der Waals surface area (Å²) in [7, 11) is 0. The van der Waals surface area contributed by atoms with Crippen LogP contribution in [0.1, 0.15) is 54.0 Å². The molecule has 1 saturated carbocycles. The molecule has 0 aliphatic heterocycles. The second kappa shape index (κ2) is 7.36. The summed E-state index contributed by atoms with van der Waals surface area (Å²) in [5, 5.41) is 17.0. The fourth-order valence-corrected chi connectivity index (χ4v) is 3.64. The number of urea groups is 1. The van der Waals surface area contributed by atoms with Gasteiger partial charge >= 0.3 is 6.03 Å². The number of aromatic nitrogens is 1. The van der Waals surface area contributed by atoms with Crippen LogP contribution >= 0.6 is 11.3 Å². The summed E-state index contributed by atoms with van der Waals surface area (Å²) in [6.45, 7) is 3.88. The van der Waals surface area contributed by atoms with Crippen LogP contribution in [0.4, 0.5) is 4.79 Å². The Bertz CT molecular complexity index is 666. The zero-order chi connectivity index (χ0) is 17.1. The second-order valence-electron chi connectivity index (χ2n) is 6.41. The number of rotatable bonds is 7. The molecule has 0 spiro atoms. The monoisotopic (exact) mass is 349 g/mol. The highest BCUT2D eigenvalue weighted by molar-refractivity contribution is 7.11. The molecule has 2 aromatic rings. The van der Waals surface area contributed by atoms with Crippen molar-refractivity contribution in [3.8, 4) is 0 Å². The molecule has 1 aliphatic carbocycles. The summed E-state index contributed by atoms with van der Waals surface area (Å²) >= 11 is 1.63. The van der Waals surface area contributed by atoms with Crippen LogP contribution in [0.5, 0.6) is 0 Å². The van der Waals surface area contributed by atoms with Crippen molar-refractivity contribution in [1.29, 1.82) is 0 Å². The SMILES string of the molecule is Cc1cnc(C(NC(=O)NC(C)CC(O)c2ccco2)C2CC2)s1. The van der Waals surface area contributed by atoms with Gasteiger partial charge in [0.05, 0.1) is 12.3 Å². The van der Waals surface area contributed by atoms with Crippen LogP contribution in [0.2, 0.25) is 0 Å². The van der Waals surface area contributed by atoms with Crippen LogP contribution in [0, 0.1) is 12.8 Å². The van der Waals surface area contributed by atoms with Crippen molar-refractivity contribution < 1.29 is 14.3 Å². The number of furan rings is 1. The quantitative estimate of drug-likeness (QED) is 0.716. The minimum atomic E-state index is -0.726. The molecule has 1 aliphatic rings. The third-order valence-corrected chi connectivity index (χ3v) is 5.11. The lowest BCUT2D eigenvalue weighted by Gasteiger charge is -2.20. The predicted octanol–water partition coefficient (Wildman–Crippen LogP) is 3.31. The molecule has 130 valence electrons. The van der Waals surface area contributed by atoms with Gasteiger partial charge in [-0.3, -0.25) is 0 Å². The van der Waals surface area contributed by atoms with Gasteiger partial charge in [-0.2, -0.15) is 0 Å². The van der Waals surface area contributed by atoms with Crippen molar-refractivity contribution in [3.63, 3.8) is 0 Å². The topological polar surface area (TPSA) is 87.4 Å². The Kier molecular flexibility index (Phi) is 5.20. The number of thiazole rings is 1. The molecule has 2 aromatic heterocycles. The van der Waals surface area contributed by atoms with Gasteiger partial charge in [0.25, 0.3) is 0 Å². The number of aryl methyl sites for hydroxylation is 1. The Morgan fingerprint density at radius 3 is 2.88 bits per heavy atom. The van der Waals surface area contributed by atoms with E-state index < -0.39 is 6.10 Å². The fourth-order valence-electron chi connectivity index (χ4n) is 2.72. The summed E-state index contributed by atoms with van der Waals surface area (Å²) in [6, 6.07) is 3.04. The van der Waals surface area contributed by atoms with Crippen LogP contribution in [-0.2, 0) is 0 Å². The summed E-state index contributed by atoms with van der Waals surface area (Å²) in [5.41, 5.74) is 0. The lowest BCUT2D eigenvalue weighted by Crippen LogP contribution is -2.43. The maximum atomic E-state index is 12.3. The van der Waals surface area contributed by atoms with Gasteiger partial charge in [0.2, 0.25) is 0 Å². The van der Waals surface area contributed by atoms with Gasteiger partial charge in [-0.1, -0.05) is 0 Å². The zero-order valence-electron chi connectivity index (χ0n) is 13.9. The molecule has 1 fully saturated rings. The Balaban J connectivity index is 1.52. The van der Waals surface area contributed by atoms with Gasteiger partial charge in [0, 0.05) is 23.5 Å². The zero-order valence-corrected chi connectivity index (χ0v) is 14.7. The second-order valence-corrected chi connectivity index (χ2v) is 7.68. The predicted molar refractivity (Wildman–Crippen MR) is 91.7 cm³/mol. The van der Waals surface area contributed by atoms with Crippen molar-refractivity contribution in [2.24, 2.45) is 5.92 Å². The van der Waals surface area contributed by atoms with E-state index >= 15 is 0 Å². The summed E-state index contributed by atoms with van der Waals surface area (Å²) in [4.78, 5) is 17.9. The van der Waals surface area contributed by atoms with E-state index in [9.17, 15) is 9.90 Å². The number of aliphatic hydroxyl groups is 1. The largest absolute Gasteiger partial charge is 0.467 e. The molecule has 0 saturated heterocycles. The number of nitrogens with one attached hydrogen (secondary N) is 2. The van der Waals surface area contributed by atoms with Crippen molar-refractivity contribution in [1.82, 2.24) is 15.6 Å². The van der Waals surface area contributed by atoms with Gasteiger partial charge in [-0.15, -0.1) is 11.3 Å². The van der Waals surface area contributed by atoms with E-state index in [-0.39, 0.29) is 18.1 Å². The number of carbonyl (C=O) groups excluding carboxylic acids is 1. The molecule has 2 heterocycles. The van der Waals surface area contributed by atoms with Crippen LogP contribution in [0.3, 0.4) is 0 Å². The number of amides is 2. The van der Waals surface area contributed by atoms with Crippen molar-refractivity contribution in [2.45, 2.75) is 51.3 Å². The Morgan fingerprint density at radius 2 is 2.29 bits per heavy atom. The van der Waals surface area contributed by atoms with Gasteiger partial charge in [-0.05, 0) is 44.7 Å². The van der Waals surface area contributed by atoms with E-state index in [0.717, 1.165) is 22.7 Å². The minimum absolute atomic E-state index is 0.0223. The van der Waals surface area contributed by atoms with E-state index in [0.29, 0.717) is 18.1 Å². The number of nitrogens with zero attached hydrogens (tertiary/aromatic N) is 1. The van der Waals surface area contributed by atoms with Crippen molar-refractivity contribution in [3.05, 3.63) is 40.2 Å². The molecular weight excluding hydrogens is 326 g/mol. The van der Waals surface area contributed by atoms with E-state index in [1.165, 1.54) is 6.26 Å². The highest BCUT2D eigenvalue weighted by Gasteiger charge is 2.35. The highest BCUT2D eigenvalue weighted by Crippen LogP contribution is 2.42. The van der Waals surface area contributed by atoms with Gasteiger partial charge in [0.15, 0.2) is 0 Å². The summed E-state index contributed by atoms with van der Waals surface area (Å²) in [5.74, 6) is 0.989. The molecule has 3 unspecified atom stereocenters. The molecule has 24 heavy (non-hydrogen) atoms. The highest BCUT2D eigenvalue weighted by atomic mass is 32.1. The molecule has 3 N–H and O–H groups in total. The summed E-state index contributed by atoms with van der Waals surface area (Å²) < 4.78 is 5.18. The molecule has 6 nitrogen and oxygen atoms in total. The molecule has 3 atom stereocenters. The average Bonchev–Trinajstić information content (AvgIpc) is 3.04. The first kappa shape index (κ1) is 17.0. The number of hydrogen-bond acceptors (Lipinski definition) is 5. The van der Waals surface area contributed by atoms with Crippen LogP contribution in [0.15, 0.2) is 29.0 Å². The van der Waals surface area contributed by atoms with E-state index in [1.807, 2.05) is 20.0 Å². The lowest BCUT2D eigenvalue weighted by molar-refractivity contribution is 0.129. The Hall–Kier alpha value is -1.86. The Morgan fingerprint density at radius 1 is 1.50 bits per heavy atom. The fraction of sp³-hybridized carbons (Fsp3) is 0.529. The van der Waals surface area contributed by atoms with E-state index in [2.05, 4.69) is 15.6 Å². The number of carbonyl (C=O) groups is 1. The number of aliphatic hydroxyl groups excluding tert-OH is 1. The number of hydrogen-bond donors (Lipinski definition) is 3. The smallest absolute Gasteiger partial charge is 0.315 e. The van der Waals surface area contributed by atoms with Gasteiger partial charge in [0.1, 0.15) is 16.9 Å². The first-order valence-corrected chi connectivity index (χ1v) is 9.05. The standard InChI is InChI=1S/C17H23N3O3S/c1-10(8-13(21)14-4-3-7-23-14)19-17(22)20-15(12-5-6-12)16-18-9-11(2)24-16/h3-4,7,9-10,12-13,15,21H,5-6,8H2,1-2H3,(H2,19,20,22). The first-order valence-electron chi connectivity index (χ1n) is 8.23. The van der Waals surface area contributed by atoms with Gasteiger partial charge < -0.3 is 20.2 Å². The van der Waals surface area contributed by atoms with Crippen LogP contribution in [-0.4, -0.2) is 22.2 Å². The van der Waals surface area contributed by atoms with E-state index in [4.69, 9.17) is 4.42 Å². The van der Waals surface area contributed by atoms with Crippen molar-refractivity contribution >= 4 is 17.4 Å². The van der Waals surface area contributed by atoms with E-state index in [1.54, 1.807) is 23.5 Å². The molecular formula is C17H23N3O3S. The third kappa shape index (κ3) is 4.36. The molecule has 3 rings (SSSR count). The minimum Gasteiger partial charge on any atom is -0.467 e. The van der Waals surface area contributed by atoms with Crippen molar-refractivity contribution in [2.75, 3.05) is 0 Å². The van der Waals surface area contributed by atoms with Crippen LogP contribution < -0.4 is 10.6 Å². The molecule has 2 amide bonds. The average molecular weight is 349 g/mol. The normalized spacial score (nSPS) is 18.0. The molecule has 0 bridgehead atoms. The summed E-state index contributed by atoms with van der Waals surface area (Å²) in [6.07, 6.45) is 5.28. The third-order valence-electron chi connectivity index (χ3n) is 4.11.